The molecule has 0 saturated carbocycles. The number of aliphatic hydroxyl groups is 1. The topological polar surface area (TPSA) is 314 Å². The van der Waals surface area contributed by atoms with E-state index in [-0.39, 0.29) is 43.9 Å². The van der Waals surface area contributed by atoms with E-state index < -0.39 is 108 Å². The maximum atomic E-state index is 14.4. The molecule has 0 bridgehead atoms. The van der Waals surface area contributed by atoms with Crippen LogP contribution >= 0.6 is 46.0 Å². The summed E-state index contributed by atoms with van der Waals surface area (Å²) in [5.41, 5.74) is 11.8. The van der Waals surface area contributed by atoms with Gasteiger partial charge < -0.3 is 47.6 Å². The molecule has 80 heavy (non-hydrogen) atoms. The van der Waals surface area contributed by atoms with E-state index in [2.05, 4.69) is 47.1 Å². The van der Waals surface area contributed by atoms with Gasteiger partial charge in [0, 0.05) is 53.5 Å². The average Bonchev–Trinajstić information content (AvgIpc) is 4.30. The maximum Gasteiger partial charge on any atom is 0.247 e. The molecule has 3 aliphatic rings. The first-order chi connectivity index (χ1) is 38.0. The zero-order valence-corrected chi connectivity index (χ0v) is 48.4. The van der Waals surface area contributed by atoms with Gasteiger partial charge in [-0.1, -0.05) is 68.8 Å². The van der Waals surface area contributed by atoms with Crippen molar-refractivity contribution < 1.29 is 43.5 Å². The first-order valence-electron chi connectivity index (χ1n) is 25.9. The third-order valence-electron chi connectivity index (χ3n) is 14.1. The molecule has 7 atom stereocenters. The van der Waals surface area contributed by atoms with Crippen LogP contribution in [0.25, 0.3) is 15.4 Å². The van der Waals surface area contributed by atoms with Crippen LogP contribution in [0.4, 0.5) is 0 Å². The number of aliphatic hydroxyl groups excluding tert-OH is 1. The van der Waals surface area contributed by atoms with Crippen LogP contribution in [-0.4, -0.2) is 144 Å². The number of fused-ring (bicyclic) bond motifs is 4. The summed E-state index contributed by atoms with van der Waals surface area (Å²) < 4.78 is 1.89. The van der Waals surface area contributed by atoms with Gasteiger partial charge in [-0.25, -0.2) is 4.98 Å². The molecule has 3 aromatic heterocycles. The summed E-state index contributed by atoms with van der Waals surface area (Å²) >= 11 is 10.4. The number of nitrogens with zero attached hydrogens (tertiary/aromatic N) is 6. The van der Waals surface area contributed by atoms with Crippen molar-refractivity contribution in [2.24, 2.45) is 16.1 Å². The normalized spacial score (nSPS) is 23.0. The Morgan fingerprint density at radius 3 is 2.27 bits per heavy atom. The van der Waals surface area contributed by atoms with Crippen molar-refractivity contribution >= 4 is 99.0 Å². The quantitative estimate of drug-likeness (QED) is 0.111. The van der Waals surface area contributed by atoms with Crippen LogP contribution in [0.1, 0.15) is 103 Å². The van der Waals surface area contributed by atoms with Gasteiger partial charge in [0.25, 0.3) is 0 Å². The molecule has 0 aliphatic carbocycles. The van der Waals surface area contributed by atoms with Gasteiger partial charge in [-0.15, -0.1) is 32.9 Å². The predicted molar refractivity (Wildman–Crippen MR) is 304 cm³/mol. The van der Waals surface area contributed by atoms with E-state index in [1.807, 2.05) is 44.4 Å². The van der Waals surface area contributed by atoms with Gasteiger partial charge >= 0.3 is 0 Å². The summed E-state index contributed by atoms with van der Waals surface area (Å²) in [5, 5.41) is 37.4. The van der Waals surface area contributed by atoms with E-state index in [4.69, 9.17) is 22.3 Å². The number of amides is 8. The van der Waals surface area contributed by atoms with Crippen LogP contribution in [0.2, 0.25) is 5.02 Å². The number of hydrogen-bond acceptors (Lipinski definition) is 16. The summed E-state index contributed by atoms with van der Waals surface area (Å²) in [6.45, 7) is 12.0. The third kappa shape index (κ3) is 13.6. The molecule has 8 rings (SSSR count). The van der Waals surface area contributed by atoms with Crippen molar-refractivity contribution in [3.63, 3.8) is 0 Å². The predicted octanol–water partition coefficient (Wildman–Crippen LogP) is 3.19. The first kappa shape index (κ1) is 59.1. The smallest absolute Gasteiger partial charge is 0.247 e. The summed E-state index contributed by atoms with van der Waals surface area (Å²) in [4.78, 5) is 124. The Bertz CT molecular complexity index is 3230. The van der Waals surface area contributed by atoms with Crippen LogP contribution < -0.4 is 37.6 Å². The molecule has 2 saturated heterocycles. The van der Waals surface area contributed by atoms with Crippen LogP contribution in [0, 0.1) is 33.1 Å². The molecule has 26 heteroatoms. The van der Waals surface area contributed by atoms with Crippen LogP contribution in [0.15, 0.2) is 59.0 Å². The van der Waals surface area contributed by atoms with Crippen molar-refractivity contribution in [1.29, 1.82) is 0 Å². The van der Waals surface area contributed by atoms with Crippen LogP contribution in [0.5, 0.6) is 0 Å². The molecule has 424 valence electrons. The molecule has 5 aromatic rings. The number of aryl methyl sites for hydroxylation is 3. The summed E-state index contributed by atoms with van der Waals surface area (Å²) in [6, 6.07) is 6.69. The molecule has 2 fully saturated rings. The number of benzene rings is 2. The molecule has 3 aliphatic heterocycles. The van der Waals surface area contributed by atoms with Crippen molar-refractivity contribution in [1.82, 2.24) is 56.5 Å². The van der Waals surface area contributed by atoms with Crippen LogP contribution in [0.3, 0.4) is 0 Å². The van der Waals surface area contributed by atoms with E-state index in [1.54, 1.807) is 74.0 Å². The summed E-state index contributed by atoms with van der Waals surface area (Å²) in [7, 11) is 0. The van der Waals surface area contributed by atoms with Gasteiger partial charge in [-0.3, -0.25) is 47.9 Å². The number of carbonyl (C=O) groups excluding carboxylic acids is 8. The minimum absolute atomic E-state index is 0.0445. The van der Waals surface area contributed by atoms with E-state index >= 15 is 0 Å². The number of aliphatic imine (C=N–C) groups is 1. The lowest BCUT2D eigenvalue weighted by atomic mass is 9.85. The minimum atomic E-state index is -1.49. The van der Waals surface area contributed by atoms with Gasteiger partial charge in [0.1, 0.15) is 47.1 Å². The van der Waals surface area contributed by atoms with Gasteiger partial charge in [-0.2, -0.15) is 11.8 Å². The number of rotatable bonds is 8. The number of thiophene rings is 1. The zero-order chi connectivity index (χ0) is 57.7. The lowest BCUT2D eigenvalue weighted by Gasteiger charge is -2.35. The highest BCUT2D eigenvalue weighted by Crippen LogP contribution is 2.40. The van der Waals surface area contributed by atoms with Gasteiger partial charge in [0.15, 0.2) is 5.82 Å². The molecule has 22 nitrogen and oxygen atoms in total. The lowest BCUT2D eigenvalue weighted by molar-refractivity contribution is -0.144. The molecule has 0 spiro atoms. The highest BCUT2D eigenvalue weighted by atomic mass is 35.5. The van der Waals surface area contributed by atoms with Crippen molar-refractivity contribution in [3.8, 4) is 15.4 Å². The molecule has 2 aromatic carbocycles. The number of primary amides is 1. The Morgan fingerprint density at radius 2 is 1.60 bits per heavy atom. The van der Waals surface area contributed by atoms with Gasteiger partial charge in [0.05, 0.1) is 40.1 Å². The first-order valence-corrected chi connectivity index (χ1v) is 29.2. The fraction of sp³-hybridized carbons (Fsp3) is 0.444. The lowest BCUT2D eigenvalue weighted by Crippen LogP contribution is -2.58. The number of thioether (sulfide) groups is 1. The second kappa shape index (κ2) is 25.2. The van der Waals surface area contributed by atoms with E-state index in [0.717, 1.165) is 54.5 Å². The second-order valence-electron chi connectivity index (χ2n) is 21.0. The number of aromatic nitrogens is 4. The number of thiazole rings is 1. The maximum absolute atomic E-state index is 14.4. The Balaban J connectivity index is 1.05. The Hall–Kier alpha value is -7.06. The molecule has 0 radical (unpaired) electrons. The highest BCUT2D eigenvalue weighted by Gasteiger charge is 2.45. The largest absolute Gasteiger partial charge is 0.391 e. The van der Waals surface area contributed by atoms with E-state index in [9.17, 15) is 43.5 Å². The minimum Gasteiger partial charge on any atom is -0.391 e. The summed E-state index contributed by atoms with van der Waals surface area (Å²) in [6.07, 6.45) is -1.94. The standard InChI is InChI=1S/C54H64ClN13O9S3/c1-26-28(3)80-53-42(26)43(30-12-14-33(55)15-13-30)61-36(48-66-65-29(4)68(48)53)21-40(71)58-22-37-49(74)62-35(47(56)73)17-19-78-24-41(72)63-46(54(5,6)7)52(77)67-23-34(69)20-38(67)50(75)64-44(51(76)57-18-16-39(70)60-37)31-8-10-32(11-9-31)45-27(2)59-25-79-45/h8-15,25,34-38,44,46,69H,16-24H2,1-7H3,(H2,56,73)(H,57,76)(H,58,71)(H,60,70)(H,62,74)(H,63,72)(H,64,75)/t34-,35-,36+,37-,38+,44-,46?/m1/s1. The number of hydrogen-bond donors (Lipinski definition) is 8. The Morgan fingerprint density at radius 1 is 0.887 bits per heavy atom. The molecule has 9 N–H and O–H groups in total. The highest BCUT2D eigenvalue weighted by molar-refractivity contribution is 7.99. The third-order valence-corrected chi connectivity index (χ3v) is 17.5. The summed E-state index contributed by atoms with van der Waals surface area (Å²) in [5.74, 6) is -4.75. The molecule has 8 amide bonds. The fourth-order valence-corrected chi connectivity index (χ4v) is 12.6. The molecular formula is C54H64ClN13O9S3. The number of halogens is 1. The monoisotopic (exact) mass is 1170 g/mol. The molecule has 1 unspecified atom stereocenters. The second-order valence-corrected chi connectivity index (χ2v) is 24.6. The fourth-order valence-electron chi connectivity index (χ4n) is 9.66. The SMILES string of the molecule is Cc1ncsc1-c1ccc([C@H]2NC(=O)[C@@H]3C[C@@H](O)CN3C(=O)C(C(C)(C)C)NC(=O)CSCC[C@H](C(N)=O)NC(=O)[C@@H](CNC(=O)C[C@@H]3N=C(c4ccc(Cl)cc4)c4c(sc(C)c4C)-n4c(C)nnc43)NC(=O)CCNC2=O)cc1. The number of nitrogens with one attached hydrogen (secondary N) is 6. The van der Waals surface area contributed by atoms with Crippen molar-refractivity contribution in [2.75, 3.05) is 31.1 Å². The average molecular weight is 1170 g/mol. The molecular weight excluding hydrogens is 1110 g/mol. The number of carbonyl (C=O) groups is 8. The van der Waals surface area contributed by atoms with Gasteiger partial charge in [0.2, 0.25) is 47.3 Å². The number of nitrogens with two attached hydrogens (primary N) is 1. The van der Waals surface area contributed by atoms with E-state index in [1.165, 1.54) is 16.2 Å². The van der Waals surface area contributed by atoms with E-state index in [0.29, 0.717) is 27.9 Å². The Labute approximate surface area is 479 Å². The van der Waals surface area contributed by atoms with Gasteiger partial charge in [-0.05, 0) is 74.1 Å². The Kier molecular flexibility index (Phi) is 18.6. The molecule has 6 heterocycles. The van der Waals surface area contributed by atoms with Crippen LogP contribution in [-0.2, 0) is 38.4 Å². The zero-order valence-electron chi connectivity index (χ0n) is 45.2. The van der Waals surface area contributed by atoms with Crippen molar-refractivity contribution in [3.05, 3.63) is 104 Å². The van der Waals surface area contributed by atoms with Crippen molar-refractivity contribution in [2.45, 2.75) is 117 Å².